The molecular formula is C12H14N2O. The van der Waals surface area contributed by atoms with Crippen LogP contribution in [-0.2, 0) is 0 Å². The smallest absolute Gasteiger partial charge is 0.134 e. The van der Waals surface area contributed by atoms with Crippen molar-refractivity contribution in [3.05, 3.63) is 48.2 Å². The molecule has 1 aromatic heterocycles. The molecule has 0 fully saturated rings. The number of benzene rings is 1. The third-order valence-corrected chi connectivity index (χ3v) is 2.40. The molecule has 0 unspecified atom stereocenters. The average Bonchev–Trinajstić information content (AvgIpc) is 2.81. The van der Waals surface area contributed by atoms with E-state index in [0.717, 1.165) is 16.9 Å². The highest BCUT2D eigenvalue weighted by Crippen LogP contribution is 2.27. The van der Waals surface area contributed by atoms with E-state index in [1.54, 1.807) is 6.26 Å². The molecule has 0 spiro atoms. The van der Waals surface area contributed by atoms with Gasteiger partial charge in [0.2, 0.25) is 0 Å². The zero-order chi connectivity index (χ0) is 10.7. The monoisotopic (exact) mass is 202 g/mol. The minimum Gasteiger partial charge on any atom is -0.464 e. The maximum Gasteiger partial charge on any atom is 0.134 e. The van der Waals surface area contributed by atoms with E-state index in [2.05, 4.69) is 0 Å². The van der Waals surface area contributed by atoms with Gasteiger partial charge in [-0.05, 0) is 17.7 Å². The van der Waals surface area contributed by atoms with Crippen LogP contribution in [0.3, 0.4) is 0 Å². The molecule has 1 aromatic carbocycles. The minimum atomic E-state index is -0.147. The summed E-state index contributed by atoms with van der Waals surface area (Å²) in [5.74, 6) is 0.828. The van der Waals surface area contributed by atoms with E-state index in [-0.39, 0.29) is 6.04 Å². The summed E-state index contributed by atoms with van der Waals surface area (Å²) in [6.45, 7) is 0.428. The topological polar surface area (TPSA) is 65.2 Å². The van der Waals surface area contributed by atoms with Crippen molar-refractivity contribution < 1.29 is 4.42 Å². The predicted molar refractivity (Wildman–Crippen MR) is 60.1 cm³/mol. The second-order valence-corrected chi connectivity index (χ2v) is 3.41. The zero-order valence-corrected chi connectivity index (χ0v) is 8.39. The highest BCUT2D eigenvalue weighted by molar-refractivity contribution is 5.62. The Balaban J connectivity index is 2.47. The first-order valence-corrected chi connectivity index (χ1v) is 4.91. The van der Waals surface area contributed by atoms with Crippen LogP contribution in [0.15, 0.2) is 47.1 Å². The predicted octanol–water partition coefficient (Wildman–Crippen LogP) is 1.91. The van der Waals surface area contributed by atoms with Crippen molar-refractivity contribution in [3.63, 3.8) is 0 Å². The lowest BCUT2D eigenvalue weighted by molar-refractivity contribution is 0.580. The van der Waals surface area contributed by atoms with Crippen molar-refractivity contribution in [1.29, 1.82) is 0 Å². The van der Waals surface area contributed by atoms with Crippen LogP contribution in [0.1, 0.15) is 11.6 Å². The molecule has 2 rings (SSSR count). The van der Waals surface area contributed by atoms with Crippen LogP contribution >= 0.6 is 0 Å². The molecule has 1 atom stereocenters. The fourth-order valence-corrected chi connectivity index (χ4v) is 1.60. The Labute approximate surface area is 88.7 Å². The Morgan fingerprint density at radius 1 is 1.13 bits per heavy atom. The average molecular weight is 202 g/mol. The van der Waals surface area contributed by atoms with Gasteiger partial charge in [-0.15, -0.1) is 0 Å². The number of hydrogen-bond donors (Lipinski definition) is 2. The Morgan fingerprint density at radius 3 is 2.60 bits per heavy atom. The van der Waals surface area contributed by atoms with E-state index < -0.39 is 0 Å². The molecular weight excluding hydrogens is 188 g/mol. The first-order chi connectivity index (χ1) is 7.33. The molecule has 1 heterocycles. The number of rotatable bonds is 3. The van der Waals surface area contributed by atoms with Crippen LogP contribution in [0.5, 0.6) is 0 Å². The van der Waals surface area contributed by atoms with Crippen molar-refractivity contribution in [2.75, 3.05) is 6.54 Å². The van der Waals surface area contributed by atoms with Crippen molar-refractivity contribution in [2.45, 2.75) is 6.04 Å². The molecule has 4 N–H and O–H groups in total. The zero-order valence-electron chi connectivity index (χ0n) is 8.39. The largest absolute Gasteiger partial charge is 0.464 e. The van der Waals surface area contributed by atoms with E-state index in [0.29, 0.717) is 6.54 Å². The summed E-state index contributed by atoms with van der Waals surface area (Å²) in [5.41, 5.74) is 13.5. The van der Waals surface area contributed by atoms with Crippen LogP contribution < -0.4 is 11.5 Å². The lowest BCUT2D eigenvalue weighted by atomic mass is 9.99. The van der Waals surface area contributed by atoms with Crippen LogP contribution in [0, 0.1) is 0 Å². The van der Waals surface area contributed by atoms with Crippen molar-refractivity contribution >= 4 is 0 Å². The van der Waals surface area contributed by atoms with Crippen LogP contribution in [0.4, 0.5) is 0 Å². The normalized spacial score (nSPS) is 12.7. The van der Waals surface area contributed by atoms with Gasteiger partial charge in [-0.25, -0.2) is 0 Å². The Hall–Kier alpha value is -1.58. The van der Waals surface area contributed by atoms with Gasteiger partial charge in [-0.3, -0.25) is 0 Å². The first kappa shape index (κ1) is 9.96. The van der Waals surface area contributed by atoms with Gasteiger partial charge < -0.3 is 15.9 Å². The summed E-state index contributed by atoms with van der Waals surface area (Å²) in [6.07, 6.45) is 1.65. The molecule has 0 bridgehead atoms. The maximum atomic E-state index is 5.93. The molecule has 0 aliphatic heterocycles. The lowest BCUT2D eigenvalue weighted by Gasteiger charge is -2.12. The lowest BCUT2D eigenvalue weighted by Crippen LogP contribution is -2.21. The summed E-state index contributed by atoms with van der Waals surface area (Å²) < 4.78 is 5.36. The van der Waals surface area contributed by atoms with Gasteiger partial charge in [0.15, 0.2) is 0 Å². The van der Waals surface area contributed by atoms with Crippen molar-refractivity contribution in [2.24, 2.45) is 11.5 Å². The van der Waals surface area contributed by atoms with Crippen molar-refractivity contribution in [3.8, 4) is 11.3 Å². The molecule has 0 aliphatic carbocycles. The van der Waals surface area contributed by atoms with E-state index in [1.165, 1.54) is 0 Å². The quantitative estimate of drug-likeness (QED) is 0.799. The molecule has 3 nitrogen and oxygen atoms in total. The van der Waals surface area contributed by atoms with Crippen LogP contribution in [-0.4, -0.2) is 6.54 Å². The second kappa shape index (κ2) is 4.29. The molecule has 0 saturated heterocycles. The highest BCUT2D eigenvalue weighted by atomic mass is 16.3. The van der Waals surface area contributed by atoms with E-state index in [9.17, 15) is 0 Å². The first-order valence-electron chi connectivity index (χ1n) is 4.91. The molecule has 0 amide bonds. The van der Waals surface area contributed by atoms with Gasteiger partial charge in [-0.1, -0.05) is 24.3 Å². The summed E-state index contributed by atoms with van der Waals surface area (Å²) in [4.78, 5) is 0. The molecule has 0 radical (unpaired) electrons. The van der Waals surface area contributed by atoms with Gasteiger partial charge in [0, 0.05) is 18.2 Å². The molecule has 3 heteroatoms. The van der Waals surface area contributed by atoms with Gasteiger partial charge in [0.1, 0.15) is 5.76 Å². The van der Waals surface area contributed by atoms with E-state index >= 15 is 0 Å². The number of hydrogen-bond acceptors (Lipinski definition) is 3. The Bertz CT molecular complexity index is 423. The van der Waals surface area contributed by atoms with Gasteiger partial charge in [0.05, 0.1) is 6.26 Å². The van der Waals surface area contributed by atoms with E-state index in [1.807, 2.05) is 36.4 Å². The van der Waals surface area contributed by atoms with Gasteiger partial charge in [-0.2, -0.15) is 0 Å². The van der Waals surface area contributed by atoms with Crippen molar-refractivity contribution in [1.82, 2.24) is 0 Å². The molecule has 2 aromatic rings. The highest BCUT2D eigenvalue weighted by Gasteiger charge is 2.11. The summed E-state index contributed by atoms with van der Waals surface area (Å²) in [6, 6.07) is 11.5. The molecule has 78 valence electrons. The van der Waals surface area contributed by atoms with Crippen LogP contribution in [0.2, 0.25) is 0 Å². The van der Waals surface area contributed by atoms with E-state index in [4.69, 9.17) is 15.9 Å². The summed E-state index contributed by atoms with van der Waals surface area (Å²) in [5, 5.41) is 0. The third-order valence-electron chi connectivity index (χ3n) is 2.40. The van der Waals surface area contributed by atoms with Gasteiger partial charge >= 0.3 is 0 Å². The fraction of sp³-hybridized carbons (Fsp3) is 0.167. The fourth-order valence-electron chi connectivity index (χ4n) is 1.60. The summed E-state index contributed by atoms with van der Waals surface area (Å²) in [7, 11) is 0. The third kappa shape index (κ3) is 1.93. The number of furan rings is 1. The standard InChI is InChI=1S/C12H14N2O/c13-8-11(14)9-4-1-2-5-10(9)12-6-3-7-15-12/h1-7,11H,8,13-14H2/t11-/m1/s1. The molecule has 0 saturated carbocycles. The minimum absolute atomic E-state index is 0.147. The summed E-state index contributed by atoms with van der Waals surface area (Å²) >= 11 is 0. The SMILES string of the molecule is NC[C@@H](N)c1ccccc1-c1ccco1. The number of nitrogens with two attached hydrogens (primary N) is 2. The second-order valence-electron chi connectivity index (χ2n) is 3.41. The maximum absolute atomic E-state index is 5.93. The Morgan fingerprint density at radius 2 is 1.93 bits per heavy atom. The van der Waals surface area contributed by atoms with Gasteiger partial charge in [0.25, 0.3) is 0 Å². The Kier molecular flexibility index (Phi) is 2.85. The molecule has 15 heavy (non-hydrogen) atoms. The molecule has 0 aliphatic rings. The van der Waals surface area contributed by atoms with Crippen LogP contribution in [0.25, 0.3) is 11.3 Å².